The highest BCUT2D eigenvalue weighted by Gasteiger charge is 2.30. The minimum Gasteiger partial charge on any atom is -0.339 e. The summed E-state index contributed by atoms with van der Waals surface area (Å²) in [7, 11) is 0. The van der Waals surface area contributed by atoms with Crippen molar-refractivity contribution >= 4 is 5.91 Å². The van der Waals surface area contributed by atoms with Crippen LogP contribution < -0.4 is 5.73 Å². The first-order valence-electron chi connectivity index (χ1n) is 7.47. The number of piperazine rings is 1. The zero-order chi connectivity index (χ0) is 13.0. The van der Waals surface area contributed by atoms with Gasteiger partial charge in [0.2, 0.25) is 5.91 Å². The van der Waals surface area contributed by atoms with E-state index >= 15 is 0 Å². The lowest BCUT2D eigenvalue weighted by molar-refractivity contribution is -0.134. The van der Waals surface area contributed by atoms with E-state index in [0.29, 0.717) is 0 Å². The van der Waals surface area contributed by atoms with Crippen molar-refractivity contribution in [2.45, 2.75) is 45.1 Å². The summed E-state index contributed by atoms with van der Waals surface area (Å²) in [5.41, 5.74) is 6.00. The van der Waals surface area contributed by atoms with E-state index in [-0.39, 0.29) is 11.9 Å². The molecule has 0 aromatic heterocycles. The third kappa shape index (κ3) is 3.95. The molecular formula is C14H27N3O. The molecule has 0 spiro atoms. The first-order valence-corrected chi connectivity index (χ1v) is 7.47. The van der Waals surface area contributed by atoms with Gasteiger partial charge in [-0.15, -0.1) is 0 Å². The van der Waals surface area contributed by atoms with Crippen LogP contribution in [0.25, 0.3) is 0 Å². The molecule has 1 heterocycles. The van der Waals surface area contributed by atoms with Gasteiger partial charge in [-0.25, -0.2) is 0 Å². The van der Waals surface area contributed by atoms with Crippen molar-refractivity contribution in [1.29, 1.82) is 0 Å². The average Bonchev–Trinajstić information content (AvgIpc) is 3.20. The van der Waals surface area contributed by atoms with E-state index in [1.807, 2.05) is 4.90 Å². The van der Waals surface area contributed by atoms with Crippen molar-refractivity contribution < 1.29 is 4.79 Å². The van der Waals surface area contributed by atoms with Crippen molar-refractivity contribution in [2.24, 2.45) is 11.7 Å². The van der Waals surface area contributed by atoms with E-state index < -0.39 is 0 Å². The van der Waals surface area contributed by atoms with Gasteiger partial charge in [-0.2, -0.15) is 0 Å². The fourth-order valence-corrected chi connectivity index (χ4v) is 2.62. The molecule has 1 aliphatic carbocycles. The van der Waals surface area contributed by atoms with Crippen LogP contribution in [0.15, 0.2) is 0 Å². The first kappa shape index (κ1) is 13.8. The maximum absolute atomic E-state index is 12.2. The zero-order valence-electron chi connectivity index (χ0n) is 11.6. The number of carbonyl (C=O) groups is 1. The summed E-state index contributed by atoms with van der Waals surface area (Å²) in [5.74, 6) is 0.909. The Morgan fingerprint density at radius 1 is 1.28 bits per heavy atom. The number of nitrogens with zero attached hydrogens (tertiary/aromatic N) is 2. The van der Waals surface area contributed by atoms with E-state index in [9.17, 15) is 4.79 Å². The van der Waals surface area contributed by atoms with E-state index in [1.165, 1.54) is 32.2 Å². The van der Waals surface area contributed by atoms with E-state index in [2.05, 4.69) is 11.8 Å². The molecule has 0 radical (unpaired) electrons. The van der Waals surface area contributed by atoms with Crippen LogP contribution in [0.1, 0.15) is 39.0 Å². The molecule has 0 aromatic rings. The Hall–Kier alpha value is -0.610. The Morgan fingerprint density at radius 3 is 2.50 bits per heavy atom. The summed E-state index contributed by atoms with van der Waals surface area (Å²) in [6.07, 6.45) is 5.94. The lowest BCUT2D eigenvalue weighted by Crippen LogP contribution is -2.53. The van der Waals surface area contributed by atoms with Gasteiger partial charge in [-0.1, -0.05) is 26.2 Å². The van der Waals surface area contributed by atoms with Gasteiger partial charge in [0.1, 0.15) is 0 Å². The molecule has 1 saturated heterocycles. The van der Waals surface area contributed by atoms with Crippen LogP contribution >= 0.6 is 0 Å². The van der Waals surface area contributed by atoms with Crippen LogP contribution in [0.3, 0.4) is 0 Å². The molecule has 1 amide bonds. The summed E-state index contributed by atoms with van der Waals surface area (Å²) in [6.45, 7) is 7.15. The van der Waals surface area contributed by atoms with Crippen LogP contribution in [-0.2, 0) is 4.79 Å². The van der Waals surface area contributed by atoms with Gasteiger partial charge in [0.25, 0.3) is 0 Å². The zero-order valence-corrected chi connectivity index (χ0v) is 11.6. The maximum Gasteiger partial charge on any atom is 0.239 e. The van der Waals surface area contributed by atoms with Gasteiger partial charge >= 0.3 is 0 Å². The van der Waals surface area contributed by atoms with E-state index in [1.54, 1.807) is 0 Å². The third-order valence-electron chi connectivity index (χ3n) is 4.11. The summed E-state index contributed by atoms with van der Waals surface area (Å²) in [5, 5.41) is 0. The number of amides is 1. The van der Waals surface area contributed by atoms with Crippen molar-refractivity contribution in [3.05, 3.63) is 0 Å². The molecule has 104 valence electrons. The first-order chi connectivity index (χ1) is 8.70. The molecule has 1 atom stereocenters. The van der Waals surface area contributed by atoms with E-state index in [0.717, 1.165) is 38.5 Å². The average molecular weight is 253 g/mol. The summed E-state index contributed by atoms with van der Waals surface area (Å²) in [6, 6.07) is -0.250. The Morgan fingerprint density at radius 2 is 1.94 bits per heavy atom. The molecule has 2 aliphatic rings. The second-order valence-corrected chi connectivity index (χ2v) is 5.81. The lowest BCUT2D eigenvalue weighted by Gasteiger charge is -2.35. The monoisotopic (exact) mass is 253 g/mol. The molecule has 0 unspecified atom stereocenters. The number of nitrogens with two attached hydrogens (primary N) is 1. The summed E-state index contributed by atoms with van der Waals surface area (Å²) in [4.78, 5) is 16.6. The molecular weight excluding hydrogens is 226 g/mol. The summed E-state index contributed by atoms with van der Waals surface area (Å²) >= 11 is 0. The molecule has 18 heavy (non-hydrogen) atoms. The van der Waals surface area contributed by atoms with Crippen LogP contribution in [0.5, 0.6) is 0 Å². The van der Waals surface area contributed by atoms with Gasteiger partial charge in [0.15, 0.2) is 0 Å². The third-order valence-corrected chi connectivity index (χ3v) is 4.11. The quantitative estimate of drug-likeness (QED) is 0.770. The van der Waals surface area contributed by atoms with Gasteiger partial charge in [0, 0.05) is 26.2 Å². The lowest BCUT2D eigenvalue weighted by atomic mass is 10.1. The number of hydrogen-bond donors (Lipinski definition) is 1. The van der Waals surface area contributed by atoms with Crippen LogP contribution in [-0.4, -0.2) is 54.5 Å². The second-order valence-electron chi connectivity index (χ2n) is 5.81. The predicted octanol–water partition coefficient (Wildman–Crippen LogP) is 1.06. The van der Waals surface area contributed by atoms with E-state index in [4.69, 9.17) is 5.73 Å². The van der Waals surface area contributed by atoms with Crippen molar-refractivity contribution in [3.8, 4) is 0 Å². The van der Waals surface area contributed by atoms with Gasteiger partial charge in [-0.05, 0) is 25.3 Å². The highest BCUT2D eigenvalue weighted by Crippen LogP contribution is 2.33. The van der Waals surface area contributed by atoms with Crippen LogP contribution in [0.2, 0.25) is 0 Å². The minimum absolute atomic E-state index is 0.178. The molecule has 1 aliphatic heterocycles. The number of hydrogen-bond acceptors (Lipinski definition) is 3. The Kier molecular flexibility index (Phi) is 5.01. The van der Waals surface area contributed by atoms with Crippen LogP contribution in [0, 0.1) is 5.92 Å². The SMILES string of the molecule is CCCCN1CCN(C(=O)[C@@H](N)CC2CC2)CC1. The molecule has 1 saturated carbocycles. The number of carbonyl (C=O) groups excluding carboxylic acids is 1. The smallest absolute Gasteiger partial charge is 0.239 e. The Balaban J connectivity index is 1.69. The number of rotatable bonds is 6. The topological polar surface area (TPSA) is 49.6 Å². The molecule has 2 N–H and O–H groups in total. The van der Waals surface area contributed by atoms with Crippen LogP contribution in [0.4, 0.5) is 0 Å². The maximum atomic E-state index is 12.2. The molecule has 0 bridgehead atoms. The van der Waals surface area contributed by atoms with Crippen molar-refractivity contribution in [3.63, 3.8) is 0 Å². The highest BCUT2D eigenvalue weighted by atomic mass is 16.2. The number of unbranched alkanes of at least 4 members (excludes halogenated alkanes) is 1. The molecule has 2 fully saturated rings. The van der Waals surface area contributed by atoms with Gasteiger partial charge in [0.05, 0.1) is 6.04 Å². The summed E-state index contributed by atoms with van der Waals surface area (Å²) < 4.78 is 0. The molecule has 4 nitrogen and oxygen atoms in total. The van der Waals surface area contributed by atoms with Gasteiger partial charge < -0.3 is 10.6 Å². The van der Waals surface area contributed by atoms with Crippen molar-refractivity contribution in [1.82, 2.24) is 9.80 Å². The normalized spacial score (nSPS) is 23.1. The highest BCUT2D eigenvalue weighted by molar-refractivity contribution is 5.81. The van der Waals surface area contributed by atoms with Gasteiger partial charge in [-0.3, -0.25) is 9.69 Å². The predicted molar refractivity (Wildman–Crippen MR) is 73.2 cm³/mol. The van der Waals surface area contributed by atoms with Crippen molar-refractivity contribution in [2.75, 3.05) is 32.7 Å². The fraction of sp³-hybridized carbons (Fsp3) is 0.929. The molecule has 0 aromatic carbocycles. The second kappa shape index (κ2) is 6.53. The standard InChI is InChI=1S/C14H27N3O/c1-2-3-6-16-7-9-17(10-8-16)14(18)13(15)11-12-4-5-12/h12-13H,2-11,15H2,1H3/t13-/m0/s1. The molecule has 4 heteroatoms. The Labute approximate surface area is 110 Å². The Bertz CT molecular complexity index is 270. The minimum atomic E-state index is -0.250. The fourth-order valence-electron chi connectivity index (χ4n) is 2.62. The largest absolute Gasteiger partial charge is 0.339 e. The molecule has 2 rings (SSSR count).